The molecule has 0 saturated heterocycles. The fraction of sp³-hybridized carbons (Fsp3) is 0.294. The molecule has 0 bridgehead atoms. The Balaban J connectivity index is 0.000000202. The standard InChI is InChI=1S/C16H17ClO5.C15H16ClNO5.C14H16ClNO5.C14H13ClO4.C13H12ClNO4.C13H14ClNO4/c1-2-9-20-12-5-3-11(4-6-12)10-21-15-14(18)13(7-8-17)22-16(15)19;1-2-7-20-11-4-3-10(17-8-11)9-21-14-13(18)12(5-6-16)22-15(14)19;1-2-5-19-10-6-9(16-7-10)8-20-13-12(17)11(3-4-15)21-14(13)18;1-9-2-4-10(5-3-9)8-18-13-12(16)11(6-7-15)19-14(13)17;1-8-2-3-9(15-6-8)7-18-12-11(16)10(4-5-14)19-13(12)17;1-2-8-5-9(15-6-8)7-18-12-11(16)10(3-4-14)19-13(12)17/h3-7,18H,2,8-10H2,1H3;3-5,8,18H,2,6-7,9H2,1H3;3,6-7,16-17H,2,4-5,8H2,1H3;2-6,16H,7-8H2,1H3;2-4,6,16H,5,7H2,1H3;3,5-6,15-16H,2,4,7H2,1H3/b13-7+;12-5+;11-3+;11-6+;10-4+;10-3+. The molecule has 6 aromatic rings. The Morgan fingerprint density at radius 1 is 0.328 bits per heavy atom. The van der Waals surface area contributed by atoms with E-state index in [9.17, 15) is 59.4 Å². The summed E-state index contributed by atoms with van der Waals surface area (Å²) in [6.45, 7) is 14.6. The Kier molecular flexibility index (Phi) is 40.3. The van der Waals surface area contributed by atoms with Gasteiger partial charge < -0.3 is 112 Å². The van der Waals surface area contributed by atoms with Gasteiger partial charge >= 0.3 is 35.8 Å². The van der Waals surface area contributed by atoms with Crippen molar-refractivity contribution in [1.29, 1.82) is 0 Å². The van der Waals surface area contributed by atoms with Gasteiger partial charge in [-0.2, -0.15) is 0 Å². The number of nitrogens with one attached hydrogen (secondary N) is 2. The summed E-state index contributed by atoms with van der Waals surface area (Å²) in [5, 5.41) is 58.7. The third-order valence-corrected chi connectivity index (χ3v) is 16.9. The van der Waals surface area contributed by atoms with Crippen molar-refractivity contribution >= 4 is 105 Å². The smallest absolute Gasteiger partial charge is 0.383 e. The van der Waals surface area contributed by atoms with E-state index < -0.39 is 35.8 Å². The van der Waals surface area contributed by atoms with Crippen LogP contribution in [0.3, 0.4) is 0 Å². The molecule has 122 heavy (non-hydrogen) atoms. The van der Waals surface area contributed by atoms with Crippen molar-refractivity contribution in [3.8, 4) is 17.2 Å². The van der Waals surface area contributed by atoms with Crippen LogP contribution in [0.25, 0.3) is 0 Å². The molecular formula is C85H88Cl6N4O27. The second kappa shape index (κ2) is 50.7. The number of allylic oxidation sites excluding steroid dienone is 6. The number of H-pyrrole nitrogens is 2. The maximum atomic E-state index is 11.6. The Bertz CT molecular complexity index is 4790. The molecule has 0 unspecified atom stereocenters. The molecule has 4 aromatic heterocycles. The Hall–Kier alpha value is -12.3. The second-order valence-electron chi connectivity index (χ2n) is 25.2. The summed E-state index contributed by atoms with van der Waals surface area (Å²) < 4.78 is 77.0. The summed E-state index contributed by atoms with van der Waals surface area (Å²) in [5.74, 6) is -4.57. The first-order valence-electron chi connectivity index (χ1n) is 37.4. The van der Waals surface area contributed by atoms with Crippen molar-refractivity contribution in [3.05, 3.63) is 300 Å². The van der Waals surface area contributed by atoms with E-state index in [0.29, 0.717) is 48.4 Å². The van der Waals surface area contributed by atoms with Gasteiger partial charge in [-0.05, 0) is 135 Å². The molecule has 6 aliphatic heterocycles. The SMILES string of the molecule is CCCOc1c[nH]c(COC2=C(O)/C(=C\CCl)OC2=O)c1.CCCOc1ccc(COC2=C(O)/C(=C\CCl)OC2=O)cc1.CCCOc1ccc(COC2=C(O)/C(=C\CCl)OC2=O)nc1.CCc1c[nH]c(COC2=C(O)/C(=C\CCl)OC2=O)c1.Cc1ccc(COC2=C(O)/C(=C\CCl)OC2=O)cc1.Cc1ccc(COC2=C(O)/C(=C\CCl)OC2=O)nc1. The topological polar surface area (TPSA) is 420 Å². The van der Waals surface area contributed by atoms with E-state index in [2.05, 4.69) is 19.9 Å². The minimum absolute atomic E-state index is 0.00581. The van der Waals surface area contributed by atoms with E-state index in [1.165, 1.54) is 36.5 Å². The summed E-state index contributed by atoms with van der Waals surface area (Å²) >= 11 is 33.0. The van der Waals surface area contributed by atoms with Gasteiger partial charge in [-0.3, -0.25) is 9.97 Å². The average Bonchev–Trinajstić information content (AvgIpc) is 1.72. The molecule has 0 amide bonds. The summed E-state index contributed by atoms with van der Waals surface area (Å²) in [7, 11) is 0. The van der Waals surface area contributed by atoms with Crippen LogP contribution in [0.4, 0.5) is 0 Å². The van der Waals surface area contributed by atoms with Crippen LogP contribution in [0.1, 0.15) is 97.6 Å². The molecule has 0 atom stereocenters. The van der Waals surface area contributed by atoms with Crippen molar-refractivity contribution in [2.24, 2.45) is 0 Å². The predicted octanol–water partition coefficient (Wildman–Crippen LogP) is 16.9. The molecule has 12 rings (SSSR count). The van der Waals surface area contributed by atoms with Gasteiger partial charge in [0.15, 0.2) is 34.6 Å². The van der Waals surface area contributed by atoms with Crippen LogP contribution >= 0.6 is 69.6 Å². The highest BCUT2D eigenvalue weighted by Gasteiger charge is 2.37. The first-order valence-corrected chi connectivity index (χ1v) is 40.6. The molecule has 652 valence electrons. The van der Waals surface area contributed by atoms with Gasteiger partial charge in [-0.25, -0.2) is 28.8 Å². The molecule has 0 aliphatic carbocycles. The zero-order valence-electron chi connectivity index (χ0n) is 66.7. The van der Waals surface area contributed by atoms with E-state index in [4.69, 9.17) is 141 Å². The van der Waals surface area contributed by atoms with E-state index in [1.807, 2.05) is 108 Å². The molecule has 0 saturated carbocycles. The maximum Gasteiger partial charge on any atom is 0.383 e. The Labute approximate surface area is 731 Å². The number of esters is 6. The number of cyclic esters (lactones) is 6. The number of hydrogen-bond acceptors (Lipinski definition) is 29. The number of hydrogen-bond donors (Lipinski definition) is 8. The monoisotopic (exact) mass is 1810 g/mol. The van der Waals surface area contributed by atoms with Crippen molar-refractivity contribution < 1.29 is 130 Å². The number of nitrogens with zero attached hydrogens (tertiary/aromatic N) is 2. The molecule has 0 fully saturated rings. The first-order chi connectivity index (χ1) is 58.8. The number of aromatic nitrogens is 4. The fourth-order valence-corrected chi connectivity index (χ4v) is 10.7. The summed E-state index contributed by atoms with van der Waals surface area (Å²) in [6.07, 6.45) is 18.9. The molecule has 0 radical (unpaired) electrons. The van der Waals surface area contributed by atoms with Gasteiger partial charge in [0.2, 0.25) is 34.6 Å². The van der Waals surface area contributed by atoms with Gasteiger partial charge in [0.05, 0.1) is 48.8 Å². The highest BCUT2D eigenvalue weighted by molar-refractivity contribution is 6.20. The highest BCUT2D eigenvalue weighted by atomic mass is 35.5. The minimum Gasteiger partial charge on any atom is -0.501 e. The largest absolute Gasteiger partial charge is 0.501 e. The number of aromatic amines is 2. The molecule has 37 heteroatoms. The van der Waals surface area contributed by atoms with E-state index in [0.717, 1.165) is 64.9 Å². The van der Waals surface area contributed by atoms with Gasteiger partial charge in [-0.1, -0.05) is 75.7 Å². The normalized spacial score (nSPS) is 16.6. The molecule has 10 heterocycles. The van der Waals surface area contributed by atoms with Crippen LogP contribution in [0, 0.1) is 13.8 Å². The molecule has 6 aliphatic rings. The Morgan fingerprint density at radius 3 is 0.943 bits per heavy atom. The lowest BCUT2D eigenvalue weighted by Gasteiger charge is -2.07. The number of aryl methyl sites for hydroxylation is 3. The number of aliphatic hydroxyl groups excluding tert-OH is 6. The van der Waals surface area contributed by atoms with Crippen molar-refractivity contribution in [3.63, 3.8) is 0 Å². The number of carbonyl (C=O) groups excluding carboxylic acids is 6. The quantitative estimate of drug-likeness (QED) is 0.0106. The molecule has 31 nitrogen and oxygen atoms in total. The van der Waals surface area contributed by atoms with Crippen LogP contribution in [0.5, 0.6) is 17.2 Å². The lowest BCUT2D eigenvalue weighted by Crippen LogP contribution is -2.05. The lowest BCUT2D eigenvalue weighted by molar-refractivity contribution is -0.137. The third kappa shape index (κ3) is 29.6. The van der Waals surface area contributed by atoms with Crippen LogP contribution in [-0.4, -0.2) is 141 Å². The van der Waals surface area contributed by atoms with Gasteiger partial charge in [0.25, 0.3) is 34.6 Å². The van der Waals surface area contributed by atoms with Crippen LogP contribution in [0.2, 0.25) is 0 Å². The Morgan fingerprint density at radius 2 is 0.623 bits per heavy atom. The van der Waals surface area contributed by atoms with Crippen LogP contribution in [0.15, 0.2) is 250 Å². The third-order valence-electron chi connectivity index (χ3n) is 16.0. The average molecular weight is 1810 g/mol. The number of halogens is 6. The van der Waals surface area contributed by atoms with Gasteiger partial charge in [0, 0.05) is 59.9 Å². The molecule has 0 spiro atoms. The minimum atomic E-state index is -0.753. The van der Waals surface area contributed by atoms with E-state index >= 15 is 0 Å². The summed E-state index contributed by atoms with van der Waals surface area (Å²) in [4.78, 5) is 83.5. The number of pyridine rings is 2. The lowest BCUT2D eigenvalue weighted by atomic mass is 10.2. The van der Waals surface area contributed by atoms with Crippen molar-refractivity contribution in [2.45, 2.75) is 107 Å². The molecular weight excluding hydrogens is 1720 g/mol. The molecule has 8 N–H and O–H groups in total. The first kappa shape index (κ1) is 96.9. The van der Waals surface area contributed by atoms with E-state index in [1.54, 1.807) is 42.9 Å². The number of carbonyl (C=O) groups is 6. The van der Waals surface area contributed by atoms with Crippen molar-refractivity contribution in [2.75, 3.05) is 55.1 Å². The molecule has 2 aromatic carbocycles. The summed E-state index contributed by atoms with van der Waals surface area (Å²) in [6, 6.07) is 25.8. The number of aliphatic hydroxyl groups is 6. The number of rotatable bonds is 34. The van der Waals surface area contributed by atoms with Crippen molar-refractivity contribution in [1.82, 2.24) is 19.9 Å². The second-order valence-corrected chi connectivity index (χ2v) is 27.1. The van der Waals surface area contributed by atoms with Gasteiger partial charge in [-0.15, -0.1) is 69.6 Å². The van der Waals surface area contributed by atoms with Crippen LogP contribution in [-0.2, 0) is 132 Å². The fourth-order valence-electron chi connectivity index (χ4n) is 9.89. The van der Waals surface area contributed by atoms with Gasteiger partial charge in [0.1, 0.15) is 56.9 Å². The van der Waals surface area contributed by atoms with Crippen LogP contribution < -0.4 is 14.2 Å². The highest BCUT2D eigenvalue weighted by Crippen LogP contribution is 2.33. The zero-order chi connectivity index (χ0) is 88.6. The number of alkyl halides is 6. The maximum absolute atomic E-state index is 11.6. The van der Waals surface area contributed by atoms with E-state index in [-0.39, 0.29) is 179 Å². The number of ether oxygens (including phenoxy) is 15. The number of benzene rings is 2. The predicted molar refractivity (Wildman–Crippen MR) is 445 cm³/mol. The summed E-state index contributed by atoms with van der Waals surface area (Å²) in [5.41, 5.74) is 7.81. The zero-order valence-corrected chi connectivity index (χ0v) is 71.2.